The quantitative estimate of drug-likeness (QED) is 0.776. The molecule has 0 atom stereocenters. The van der Waals surface area contributed by atoms with E-state index in [0.717, 1.165) is 6.42 Å². The molecule has 0 radical (unpaired) electrons. The Labute approximate surface area is 122 Å². The molecule has 1 heterocycles. The van der Waals surface area contributed by atoms with Gasteiger partial charge in [0.05, 0.1) is 5.75 Å². The molecule has 2 N–H and O–H groups in total. The van der Waals surface area contributed by atoms with E-state index in [0.29, 0.717) is 32.4 Å². The van der Waals surface area contributed by atoms with E-state index in [1.54, 1.807) is 4.90 Å². The van der Waals surface area contributed by atoms with Gasteiger partial charge >= 0.3 is 6.03 Å². The first-order chi connectivity index (χ1) is 9.34. The summed E-state index contributed by atoms with van der Waals surface area (Å²) in [6, 6.07) is 0.0139. The average Bonchev–Trinajstić information content (AvgIpc) is 2.36. The van der Waals surface area contributed by atoms with E-state index >= 15 is 0 Å². The number of unbranched alkanes of at least 4 members (excludes halogenated alkanes) is 1. The van der Waals surface area contributed by atoms with Crippen molar-refractivity contribution in [2.75, 3.05) is 18.8 Å². The van der Waals surface area contributed by atoms with E-state index < -0.39 is 10.0 Å². The van der Waals surface area contributed by atoms with E-state index in [2.05, 4.69) is 10.0 Å². The number of piperidine rings is 1. The molecule has 0 unspecified atom stereocenters. The van der Waals surface area contributed by atoms with Crippen molar-refractivity contribution in [2.45, 2.75) is 58.5 Å². The molecule has 0 aromatic rings. The van der Waals surface area contributed by atoms with Gasteiger partial charge in [-0.1, -0.05) is 13.3 Å². The summed E-state index contributed by atoms with van der Waals surface area (Å²) in [4.78, 5) is 13.6. The first-order valence-corrected chi connectivity index (χ1v) is 9.04. The first-order valence-electron chi connectivity index (χ1n) is 7.39. The maximum absolute atomic E-state index is 11.8. The highest BCUT2D eigenvalue weighted by Crippen LogP contribution is 2.12. The second-order valence-corrected chi connectivity index (χ2v) is 7.53. The summed E-state index contributed by atoms with van der Waals surface area (Å²) < 4.78 is 26.4. The highest BCUT2D eigenvalue weighted by molar-refractivity contribution is 7.89. The summed E-state index contributed by atoms with van der Waals surface area (Å²) in [5, 5.41) is 2.85. The second kappa shape index (κ2) is 7.83. The number of hydrogen-bond donors (Lipinski definition) is 2. The van der Waals surface area contributed by atoms with Crippen LogP contribution in [0.3, 0.4) is 0 Å². The fraction of sp³-hybridized carbons (Fsp3) is 0.923. The summed E-state index contributed by atoms with van der Waals surface area (Å²) in [7, 11) is -3.17. The molecule has 6 nitrogen and oxygen atoms in total. The molecule has 118 valence electrons. The number of nitrogens with zero attached hydrogens (tertiary/aromatic N) is 1. The average molecular weight is 305 g/mol. The molecule has 7 heteroatoms. The highest BCUT2D eigenvalue weighted by atomic mass is 32.2. The molecule has 1 fully saturated rings. The SMILES string of the molecule is CCCCS(=O)(=O)NC1CCN(C(=O)NC(C)C)CC1. The first kappa shape index (κ1) is 17.2. The summed E-state index contributed by atoms with van der Waals surface area (Å²) in [6.07, 6.45) is 2.91. The molecule has 0 aromatic heterocycles. The predicted molar refractivity (Wildman–Crippen MR) is 80.1 cm³/mol. The normalized spacial score (nSPS) is 17.5. The van der Waals surface area contributed by atoms with Gasteiger partial charge in [-0.2, -0.15) is 0 Å². The van der Waals surface area contributed by atoms with Crippen molar-refractivity contribution in [3.8, 4) is 0 Å². The van der Waals surface area contributed by atoms with Gasteiger partial charge in [-0.15, -0.1) is 0 Å². The topological polar surface area (TPSA) is 78.5 Å². The van der Waals surface area contributed by atoms with Crippen molar-refractivity contribution in [3.63, 3.8) is 0 Å². The number of hydrogen-bond acceptors (Lipinski definition) is 3. The number of carbonyl (C=O) groups is 1. The van der Waals surface area contributed by atoms with Crippen molar-refractivity contribution >= 4 is 16.1 Å². The van der Waals surface area contributed by atoms with Crippen molar-refractivity contribution < 1.29 is 13.2 Å². The Bertz CT molecular complexity index is 401. The number of carbonyl (C=O) groups excluding carboxylic acids is 1. The van der Waals surface area contributed by atoms with Gasteiger partial charge in [-0.3, -0.25) is 0 Å². The number of likely N-dealkylation sites (tertiary alicyclic amines) is 1. The lowest BCUT2D eigenvalue weighted by Crippen LogP contribution is -2.50. The Morgan fingerprint density at radius 3 is 2.40 bits per heavy atom. The van der Waals surface area contributed by atoms with E-state index in [1.807, 2.05) is 20.8 Å². The zero-order valence-corrected chi connectivity index (χ0v) is 13.5. The van der Waals surface area contributed by atoms with Crippen LogP contribution in [-0.2, 0) is 10.0 Å². The van der Waals surface area contributed by atoms with Crippen LogP contribution in [-0.4, -0.2) is 50.3 Å². The maximum atomic E-state index is 11.8. The number of rotatable bonds is 6. The summed E-state index contributed by atoms with van der Waals surface area (Å²) >= 11 is 0. The van der Waals surface area contributed by atoms with Crippen molar-refractivity contribution in [3.05, 3.63) is 0 Å². The van der Waals surface area contributed by atoms with Crippen LogP contribution in [0.25, 0.3) is 0 Å². The largest absolute Gasteiger partial charge is 0.336 e. The molecule has 0 aliphatic carbocycles. The van der Waals surface area contributed by atoms with E-state index in [4.69, 9.17) is 0 Å². The molecule has 1 rings (SSSR count). The van der Waals surface area contributed by atoms with Gasteiger partial charge < -0.3 is 10.2 Å². The summed E-state index contributed by atoms with van der Waals surface area (Å²) in [5.74, 6) is 0.192. The molecule has 1 aliphatic rings. The smallest absolute Gasteiger partial charge is 0.317 e. The molecule has 1 aliphatic heterocycles. The maximum Gasteiger partial charge on any atom is 0.317 e. The second-order valence-electron chi connectivity index (χ2n) is 5.66. The molecule has 0 saturated carbocycles. The number of nitrogens with one attached hydrogen (secondary N) is 2. The van der Waals surface area contributed by atoms with Gasteiger partial charge in [-0.05, 0) is 33.1 Å². The van der Waals surface area contributed by atoms with Gasteiger partial charge in [0.15, 0.2) is 0 Å². The standard InChI is InChI=1S/C13H27N3O3S/c1-4-5-10-20(18,19)15-12-6-8-16(9-7-12)13(17)14-11(2)3/h11-12,15H,4-10H2,1-3H3,(H,14,17). The molecule has 0 spiro atoms. The van der Waals surface area contributed by atoms with Gasteiger partial charge in [-0.25, -0.2) is 17.9 Å². The minimum Gasteiger partial charge on any atom is -0.336 e. The lowest BCUT2D eigenvalue weighted by molar-refractivity contribution is 0.177. The molecule has 2 amide bonds. The summed E-state index contributed by atoms with van der Waals surface area (Å²) in [5.41, 5.74) is 0. The molecule has 0 bridgehead atoms. The van der Waals surface area contributed by atoms with Gasteiger partial charge in [0.2, 0.25) is 10.0 Å². The molecular weight excluding hydrogens is 278 g/mol. The van der Waals surface area contributed by atoms with E-state index in [1.165, 1.54) is 0 Å². The third-order valence-corrected chi connectivity index (χ3v) is 4.83. The van der Waals surface area contributed by atoms with Crippen LogP contribution in [0.5, 0.6) is 0 Å². The van der Waals surface area contributed by atoms with Crippen LogP contribution in [0, 0.1) is 0 Å². The van der Waals surface area contributed by atoms with Gasteiger partial charge in [0.25, 0.3) is 0 Å². The van der Waals surface area contributed by atoms with Gasteiger partial charge in [0.1, 0.15) is 0 Å². The Balaban J connectivity index is 2.37. The van der Waals surface area contributed by atoms with Crippen LogP contribution in [0.4, 0.5) is 4.79 Å². The predicted octanol–water partition coefficient (Wildman–Crippen LogP) is 1.29. The molecule has 1 saturated heterocycles. The molecule has 20 heavy (non-hydrogen) atoms. The number of amides is 2. The van der Waals surface area contributed by atoms with Crippen molar-refractivity contribution in [1.29, 1.82) is 0 Å². The monoisotopic (exact) mass is 305 g/mol. The van der Waals surface area contributed by atoms with Crippen LogP contribution >= 0.6 is 0 Å². The van der Waals surface area contributed by atoms with Crippen LogP contribution in [0.15, 0.2) is 0 Å². The number of sulfonamides is 1. The van der Waals surface area contributed by atoms with Gasteiger partial charge in [0, 0.05) is 25.2 Å². The highest BCUT2D eigenvalue weighted by Gasteiger charge is 2.25. The third kappa shape index (κ3) is 6.09. The van der Waals surface area contributed by atoms with E-state index in [-0.39, 0.29) is 23.9 Å². The minimum atomic E-state index is -3.17. The Hall–Kier alpha value is -0.820. The Kier molecular flexibility index (Phi) is 6.75. The summed E-state index contributed by atoms with van der Waals surface area (Å²) in [6.45, 7) is 7.01. The Morgan fingerprint density at radius 1 is 1.30 bits per heavy atom. The minimum absolute atomic E-state index is 0.0417. The van der Waals surface area contributed by atoms with Crippen LogP contribution in [0.2, 0.25) is 0 Å². The van der Waals surface area contributed by atoms with Crippen molar-refractivity contribution in [2.24, 2.45) is 0 Å². The lowest BCUT2D eigenvalue weighted by Gasteiger charge is -2.32. The fourth-order valence-electron chi connectivity index (χ4n) is 2.19. The third-order valence-electron chi connectivity index (χ3n) is 3.31. The molecular formula is C13H27N3O3S. The van der Waals surface area contributed by atoms with Crippen LogP contribution < -0.4 is 10.0 Å². The lowest BCUT2D eigenvalue weighted by atomic mass is 10.1. The zero-order chi connectivity index (χ0) is 15.2. The van der Waals surface area contributed by atoms with Crippen molar-refractivity contribution in [1.82, 2.24) is 14.9 Å². The van der Waals surface area contributed by atoms with Crippen LogP contribution in [0.1, 0.15) is 46.5 Å². The number of urea groups is 1. The van der Waals surface area contributed by atoms with E-state index in [9.17, 15) is 13.2 Å². The Morgan fingerprint density at radius 2 is 1.90 bits per heavy atom. The zero-order valence-electron chi connectivity index (χ0n) is 12.7. The fourth-order valence-corrected chi connectivity index (χ4v) is 3.72. The molecule has 0 aromatic carbocycles.